The summed E-state index contributed by atoms with van der Waals surface area (Å²) in [6, 6.07) is 0.693. The SMILES string of the molecule is CCCC1CC(NCC2(C)CCCS2)CCO1. The lowest BCUT2D eigenvalue weighted by Gasteiger charge is -2.33. The lowest BCUT2D eigenvalue weighted by molar-refractivity contribution is -0.00339. The minimum absolute atomic E-state index is 0.499. The number of ether oxygens (including phenoxy) is 1. The van der Waals surface area contributed by atoms with Gasteiger partial charge in [0.2, 0.25) is 0 Å². The molecule has 0 aliphatic carbocycles. The van der Waals surface area contributed by atoms with Gasteiger partial charge >= 0.3 is 0 Å². The van der Waals surface area contributed by atoms with E-state index < -0.39 is 0 Å². The van der Waals surface area contributed by atoms with Gasteiger partial charge in [0.05, 0.1) is 6.10 Å². The molecule has 2 aliphatic rings. The Morgan fingerprint density at radius 2 is 2.35 bits per heavy atom. The Hall–Kier alpha value is 0.270. The first-order valence-corrected chi connectivity index (χ1v) is 8.19. The quantitative estimate of drug-likeness (QED) is 0.817. The summed E-state index contributed by atoms with van der Waals surface area (Å²) in [6.07, 6.45) is 8.17. The largest absolute Gasteiger partial charge is 0.378 e. The number of thioether (sulfide) groups is 1. The highest BCUT2D eigenvalue weighted by atomic mass is 32.2. The van der Waals surface area contributed by atoms with Gasteiger partial charge in [0.15, 0.2) is 0 Å². The van der Waals surface area contributed by atoms with Gasteiger partial charge < -0.3 is 10.1 Å². The van der Waals surface area contributed by atoms with Crippen LogP contribution in [0.3, 0.4) is 0 Å². The molecule has 0 amide bonds. The number of nitrogens with one attached hydrogen (secondary N) is 1. The summed E-state index contributed by atoms with van der Waals surface area (Å²) in [5, 5.41) is 3.79. The van der Waals surface area contributed by atoms with Crippen molar-refractivity contribution < 1.29 is 4.74 Å². The summed E-state index contributed by atoms with van der Waals surface area (Å²) in [5.41, 5.74) is 0. The van der Waals surface area contributed by atoms with Crippen molar-refractivity contribution in [1.29, 1.82) is 0 Å². The molecule has 1 N–H and O–H groups in total. The number of hydrogen-bond donors (Lipinski definition) is 1. The second-order valence-electron chi connectivity index (χ2n) is 5.79. The summed E-state index contributed by atoms with van der Waals surface area (Å²) in [7, 11) is 0. The molecule has 3 heteroatoms. The molecule has 0 bridgehead atoms. The van der Waals surface area contributed by atoms with Crippen LogP contribution < -0.4 is 5.32 Å². The summed E-state index contributed by atoms with van der Waals surface area (Å²) >= 11 is 2.15. The molecule has 2 saturated heterocycles. The van der Waals surface area contributed by atoms with E-state index in [9.17, 15) is 0 Å². The molecule has 0 aromatic carbocycles. The fraction of sp³-hybridized carbons (Fsp3) is 1.00. The maximum atomic E-state index is 5.80. The van der Waals surface area contributed by atoms with Crippen LogP contribution >= 0.6 is 11.8 Å². The molecule has 2 aliphatic heterocycles. The van der Waals surface area contributed by atoms with Crippen LogP contribution in [0.1, 0.15) is 52.4 Å². The van der Waals surface area contributed by atoms with Crippen LogP contribution in [-0.2, 0) is 4.74 Å². The molecular weight excluding hydrogens is 230 g/mol. The van der Waals surface area contributed by atoms with Crippen molar-refractivity contribution >= 4 is 11.8 Å². The van der Waals surface area contributed by atoms with Crippen molar-refractivity contribution in [2.75, 3.05) is 18.9 Å². The molecule has 3 atom stereocenters. The van der Waals surface area contributed by atoms with Gasteiger partial charge in [-0.1, -0.05) is 13.3 Å². The Balaban J connectivity index is 1.71. The van der Waals surface area contributed by atoms with Gasteiger partial charge in [-0.15, -0.1) is 0 Å². The fourth-order valence-electron chi connectivity index (χ4n) is 2.93. The van der Waals surface area contributed by atoms with Gasteiger partial charge in [0, 0.05) is 23.9 Å². The predicted octanol–water partition coefficient (Wildman–Crippen LogP) is 3.21. The van der Waals surface area contributed by atoms with Crippen LogP contribution in [0.2, 0.25) is 0 Å². The van der Waals surface area contributed by atoms with E-state index in [1.807, 2.05) is 0 Å². The van der Waals surface area contributed by atoms with Crippen LogP contribution in [0.5, 0.6) is 0 Å². The maximum absolute atomic E-state index is 5.80. The average Bonchev–Trinajstić information content (AvgIpc) is 2.76. The third kappa shape index (κ3) is 4.15. The molecule has 100 valence electrons. The third-order valence-corrected chi connectivity index (χ3v) is 5.58. The molecule has 3 unspecified atom stereocenters. The summed E-state index contributed by atoms with van der Waals surface area (Å²) < 4.78 is 6.30. The molecule has 2 nitrogen and oxygen atoms in total. The van der Waals surface area contributed by atoms with Crippen LogP contribution in [0.15, 0.2) is 0 Å². The smallest absolute Gasteiger partial charge is 0.0589 e. The zero-order valence-corrected chi connectivity index (χ0v) is 12.2. The van der Waals surface area contributed by atoms with Crippen molar-refractivity contribution in [2.24, 2.45) is 0 Å². The minimum Gasteiger partial charge on any atom is -0.378 e. The van der Waals surface area contributed by atoms with E-state index in [1.54, 1.807) is 0 Å². The Kier molecular flexibility index (Phi) is 5.19. The Bertz CT molecular complexity index is 226. The summed E-state index contributed by atoms with van der Waals surface area (Å²) in [5.74, 6) is 1.35. The molecule has 0 radical (unpaired) electrons. The molecule has 0 aromatic rings. The standard InChI is InChI=1S/C14H27NOS/c1-3-5-13-10-12(6-8-16-13)15-11-14(2)7-4-9-17-14/h12-13,15H,3-11H2,1-2H3. The van der Waals surface area contributed by atoms with Crippen LogP contribution in [0.4, 0.5) is 0 Å². The zero-order chi connectivity index (χ0) is 12.1. The van der Waals surface area contributed by atoms with Gasteiger partial charge in [0.1, 0.15) is 0 Å². The lowest BCUT2D eigenvalue weighted by Crippen LogP contribution is -2.44. The highest BCUT2D eigenvalue weighted by Gasteiger charge is 2.31. The van der Waals surface area contributed by atoms with Gasteiger partial charge in [-0.05, 0) is 44.8 Å². The molecular formula is C14H27NOS. The highest BCUT2D eigenvalue weighted by Crippen LogP contribution is 2.37. The van der Waals surface area contributed by atoms with E-state index in [0.29, 0.717) is 16.9 Å². The average molecular weight is 257 g/mol. The van der Waals surface area contributed by atoms with Gasteiger partial charge in [-0.25, -0.2) is 0 Å². The Labute approximate surface area is 110 Å². The number of rotatable bonds is 5. The molecule has 2 fully saturated rings. The maximum Gasteiger partial charge on any atom is 0.0589 e. The van der Waals surface area contributed by atoms with E-state index in [0.717, 1.165) is 6.61 Å². The first kappa shape index (κ1) is 13.7. The van der Waals surface area contributed by atoms with Crippen molar-refractivity contribution in [3.63, 3.8) is 0 Å². The van der Waals surface area contributed by atoms with Crippen LogP contribution in [-0.4, -0.2) is 35.8 Å². The van der Waals surface area contributed by atoms with Crippen LogP contribution in [0.25, 0.3) is 0 Å². The van der Waals surface area contributed by atoms with Crippen molar-refractivity contribution in [3.05, 3.63) is 0 Å². The fourth-order valence-corrected chi connectivity index (χ4v) is 4.18. The van der Waals surface area contributed by atoms with Crippen molar-refractivity contribution in [3.8, 4) is 0 Å². The predicted molar refractivity (Wildman–Crippen MR) is 75.8 cm³/mol. The van der Waals surface area contributed by atoms with E-state index in [4.69, 9.17) is 4.74 Å². The first-order valence-electron chi connectivity index (χ1n) is 7.21. The third-order valence-electron chi connectivity index (χ3n) is 4.04. The Morgan fingerprint density at radius 1 is 1.47 bits per heavy atom. The minimum atomic E-state index is 0.499. The topological polar surface area (TPSA) is 21.3 Å². The van der Waals surface area contributed by atoms with E-state index >= 15 is 0 Å². The second-order valence-corrected chi connectivity index (χ2v) is 7.47. The monoisotopic (exact) mass is 257 g/mol. The number of hydrogen-bond acceptors (Lipinski definition) is 3. The lowest BCUT2D eigenvalue weighted by atomic mass is 9.98. The molecule has 2 rings (SSSR count). The molecule has 0 aromatic heterocycles. The van der Waals surface area contributed by atoms with Crippen molar-refractivity contribution in [1.82, 2.24) is 5.32 Å². The van der Waals surface area contributed by atoms with Crippen LogP contribution in [0, 0.1) is 0 Å². The summed E-state index contributed by atoms with van der Waals surface area (Å²) in [4.78, 5) is 0. The van der Waals surface area contributed by atoms with E-state index in [1.165, 1.54) is 50.8 Å². The van der Waals surface area contributed by atoms with Gasteiger partial charge in [-0.2, -0.15) is 11.8 Å². The van der Waals surface area contributed by atoms with E-state index in [2.05, 4.69) is 30.9 Å². The van der Waals surface area contributed by atoms with Crippen molar-refractivity contribution in [2.45, 2.75) is 69.3 Å². The zero-order valence-electron chi connectivity index (χ0n) is 11.3. The molecule has 17 heavy (non-hydrogen) atoms. The van der Waals surface area contributed by atoms with Gasteiger partial charge in [-0.3, -0.25) is 0 Å². The van der Waals surface area contributed by atoms with E-state index in [-0.39, 0.29) is 0 Å². The molecule has 0 saturated carbocycles. The summed E-state index contributed by atoms with van der Waals surface area (Å²) in [6.45, 7) is 6.80. The first-order chi connectivity index (χ1) is 8.22. The Morgan fingerprint density at radius 3 is 3.06 bits per heavy atom. The normalized spacial score (nSPS) is 38.5. The molecule has 0 spiro atoms. The second kappa shape index (κ2) is 6.44. The van der Waals surface area contributed by atoms with Gasteiger partial charge in [0.25, 0.3) is 0 Å². The highest BCUT2D eigenvalue weighted by molar-refractivity contribution is 8.00. The molecule has 2 heterocycles.